The van der Waals surface area contributed by atoms with E-state index < -0.39 is 0 Å². The first-order valence-electron chi connectivity index (χ1n) is 11.3. The summed E-state index contributed by atoms with van der Waals surface area (Å²) in [7, 11) is 0. The summed E-state index contributed by atoms with van der Waals surface area (Å²) < 4.78 is 10.6. The van der Waals surface area contributed by atoms with Crippen LogP contribution in [0.3, 0.4) is 0 Å². The van der Waals surface area contributed by atoms with E-state index in [0.29, 0.717) is 43.4 Å². The third-order valence-electron chi connectivity index (χ3n) is 6.04. The van der Waals surface area contributed by atoms with Crippen LogP contribution in [-0.2, 0) is 17.8 Å². The largest absolute Gasteiger partial charge is 0.361 e. The van der Waals surface area contributed by atoms with E-state index in [1.165, 1.54) is 0 Å². The molecule has 1 aliphatic heterocycles. The third-order valence-corrected chi connectivity index (χ3v) is 6.04. The number of aromatic nitrogens is 5. The lowest BCUT2D eigenvalue weighted by atomic mass is 10.2. The molecule has 0 spiro atoms. The summed E-state index contributed by atoms with van der Waals surface area (Å²) >= 11 is 0. The monoisotopic (exact) mass is 449 g/mol. The van der Waals surface area contributed by atoms with Gasteiger partial charge in [-0.25, -0.2) is 4.98 Å². The molecule has 1 aliphatic rings. The molecule has 0 bridgehead atoms. The van der Waals surface area contributed by atoms with Gasteiger partial charge in [0.05, 0.1) is 23.3 Å². The summed E-state index contributed by atoms with van der Waals surface area (Å²) in [6.45, 7) is 7.35. The number of hydrogen-bond donors (Lipinski definition) is 1. The second-order valence-electron chi connectivity index (χ2n) is 8.43. The fourth-order valence-corrected chi connectivity index (χ4v) is 4.29. The molecule has 4 heterocycles. The molecule has 1 amide bonds. The number of nitrogens with zero attached hydrogens (tertiary/aromatic N) is 6. The van der Waals surface area contributed by atoms with E-state index in [0.717, 1.165) is 54.2 Å². The number of benzene rings is 1. The molecule has 0 aliphatic carbocycles. The molecule has 10 heteroatoms. The average Bonchev–Trinajstić information content (AvgIpc) is 3.47. The first kappa shape index (κ1) is 21.3. The van der Waals surface area contributed by atoms with Crippen molar-refractivity contribution in [3.05, 3.63) is 47.4 Å². The maximum Gasteiger partial charge on any atom is 0.263 e. The Labute approximate surface area is 190 Å². The van der Waals surface area contributed by atoms with Crippen LogP contribution in [0.25, 0.3) is 22.5 Å². The summed E-state index contributed by atoms with van der Waals surface area (Å²) in [4.78, 5) is 29.4. The van der Waals surface area contributed by atoms with Crippen molar-refractivity contribution >= 4 is 16.9 Å². The average molecular weight is 450 g/mol. The number of aryl methyl sites for hydroxylation is 3. The van der Waals surface area contributed by atoms with Crippen LogP contribution in [0.4, 0.5) is 0 Å². The van der Waals surface area contributed by atoms with Crippen molar-refractivity contribution in [3.8, 4) is 11.5 Å². The van der Waals surface area contributed by atoms with Gasteiger partial charge in [0.1, 0.15) is 17.1 Å². The van der Waals surface area contributed by atoms with E-state index in [4.69, 9.17) is 9.05 Å². The lowest BCUT2D eigenvalue weighted by Crippen LogP contribution is -2.35. The number of carbonyl (C=O) groups excluding carboxylic acids is 1. The molecule has 1 fully saturated rings. The molecule has 0 radical (unpaired) electrons. The van der Waals surface area contributed by atoms with Gasteiger partial charge in [-0.05, 0) is 32.4 Å². The predicted octanol–water partition coefficient (Wildman–Crippen LogP) is 2.88. The highest BCUT2D eigenvalue weighted by atomic mass is 16.5. The zero-order valence-electron chi connectivity index (χ0n) is 18.9. The molecule has 4 aromatic rings. The maximum absolute atomic E-state index is 12.8. The van der Waals surface area contributed by atoms with Crippen LogP contribution in [0.1, 0.15) is 35.9 Å². The van der Waals surface area contributed by atoms with E-state index >= 15 is 0 Å². The molecule has 1 saturated heterocycles. The van der Waals surface area contributed by atoms with Gasteiger partial charge in [-0.3, -0.25) is 9.69 Å². The van der Waals surface area contributed by atoms with Gasteiger partial charge in [0.2, 0.25) is 5.91 Å². The van der Waals surface area contributed by atoms with Crippen molar-refractivity contribution in [1.29, 1.82) is 0 Å². The summed E-state index contributed by atoms with van der Waals surface area (Å²) in [5.41, 5.74) is 3.42. The zero-order chi connectivity index (χ0) is 22.8. The Balaban J connectivity index is 1.14. The Morgan fingerprint density at radius 1 is 1.06 bits per heavy atom. The topological polar surface area (TPSA) is 117 Å². The normalized spacial score (nSPS) is 15.3. The van der Waals surface area contributed by atoms with Crippen LogP contribution in [0.2, 0.25) is 0 Å². The molecule has 5 rings (SSSR count). The SMILES string of the molecule is Cc1noc(C)c1-c1nc(CN2CCCN(C(=O)CCc3nc4ccccc4[nH]3)CC2)no1. The number of hydrogen-bond acceptors (Lipinski definition) is 8. The number of carbonyl (C=O) groups is 1. The molecular formula is C23H27N7O3. The first-order chi connectivity index (χ1) is 16.1. The number of aromatic amines is 1. The van der Waals surface area contributed by atoms with Crippen LogP contribution in [-0.4, -0.2) is 67.2 Å². The second kappa shape index (κ2) is 9.14. The minimum absolute atomic E-state index is 0.164. The van der Waals surface area contributed by atoms with Crippen LogP contribution in [0.5, 0.6) is 0 Å². The molecule has 0 saturated carbocycles. The molecule has 33 heavy (non-hydrogen) atoms. The zero-order valence-corrected chi connectivity index (χ0v) is 18.9. The van der Waals surface area contributed by atoms with Crippen molar-refractivity contribution in [1.82, 2.24) is 35.1 Å². The number of amides is 1. The lowest BCUT2D eigenvalue weighted by Gasteiger charge is -2.21. The van der Waals surface area contributed by atoms with Crippen LogP contribution >= 0.6 is 0 Å². The van der Waals surface area contributed by atoms with Gasteiger partial charge in [-0.1, -0.05) is 22.4 Å². The third kappa shape index (κ3) is 4.65. The summed E-state index contributed by atoms with van der Waals surface area (Å²) in [5.74, 6) is 2.73. The van der Waals surface area contributed by atoms with E-state index in [2.05, 4.69) is 30.2 Å². The smallest absolute Gasteiger partial charge is 0.263 e. The van der Waals surface area contributed by atoms with Gasteiger partial charge in [0.15, 0.2) is 5.82 Å². The predicted molar refractivity (Wildman–Crippen MR) is 120 cm³/mol. The minimum atomic E-state index is 0.164. The summed E-state index contributed by atoms with van der Waals surface area (Å²) in [6, 6.07) is 7.91. The van der Waals surface area contributed by atoms with Gasteiger partial charge in [0, 0.05) is 39.0 Å². The number of rotatable bonds is 6. The number of para-hydroxylation sites is 2. The molecule has 172 valence electrons. The van der Waals surface area contributed by atoms with Crippen molar-refractivity contribution in [3.63, 3.8) is 0 Å². The van der Waals surface area contributed by atoms with Gasteiger partial charge in [0.25, 0.3) is 5.89 Å². The van der Waals surface area contributed by atoms with Gasteiger partial charge < -0.3 is 18.9 Å². The fourth-order valence-electron chi connectivity index (χ4n) is 4.29. The molecular weight excluding hydrogens is 422 g/mol. The summed E-state index contributed by atoms with van der Waals surface area (Å²) in [6.07, 6.45) is 1.97. The maximum atomic E-state index is 12.8. The van der Waals surface area contributed by atoms with Crippen molar-refractivity contribution in [2.24, 2.45) is 0 Å². The first-order valence-corrected chi connectivity index (χ1v) is 11.3. The van der Waals surface area contributed by atoms with Crippen LogP contribution in [0.15, 0.2) is 33.3 Å². The van der Waals surface area contributed by atoms with Gasteiger partial charge >= 0.3 is 0 Å². The Hall–Kier alpha value is -3.53. The van der Waals surface area contributed by atoms with E-state index in [1.807, 2.05) is 43.0 Å². The van der Waals surface area contributed by atoms with E-state index in [1.54, 1.807) is 0 Å². The van der Waals surface area contributed by atoms with Gasteiger partial charge in [-0.2, -0.15) is 4.98 Å². The number of imidazole rings is 1. The Bertz CT molecular complexity index is 1210. The molecule has 10 nitrogen and oxygen atoms in total. The highest BCUT2D eigenvalue weighted by Crippen LogP contribution is 2.25. The van der Waals surface area contributed by atoms with Crippen molar-refractivity contribution < 1.29 is 13.8 Å². The van der Waals surface area contributed by atoms with E-state index in [-0.39, 0.29) is 5.91 Å². The second-order valence-corrected chi connectivity index (χ2v) is 8.43. The molecule has 1 aromatic carbocycles. The minimum Gasteiger partial charge on any atom is -0.361 e. The highest BCUT2D eigenvalue weighted by Gasteiger charge is 2.22. The van der Waals surface area contributed by atoms with Crippen molar-refractivity contribution in [2.75, 3.05) is 26.2 Å². The van der Waals surface area contributed by atoms with Crippen LogP contribution in [0, 0.1) is 13.8 Å². The number of H-pyrrole nitrogens is 1. The van der Waals surface area contributed by atoms with Crippen LogP contribution < -0.4 is 0 Å². The number of fused-ring (bicyclic) bond motifs is 1. The van der Waals surface area contributed by atoms with Crippen molar-refractivity contribution in [2.45, 2.75) is 39.7 Å². The molecule has 3 aromatic heterocycles. The highest BCUT2D eigenvalue weighted by molar-refractivity contribution is 5.77. The lowest BCUT2D eigenvalue weighted by molar-refractivity contribution is -0.131. The molecule has 0 atom stereocenters. The quantitative estimate of drug-likeness (QED) is 0.477. The Kier molecular flexibility index (Phi) is 5.91. The van der Waals surface area contributed by atoms with E-state index in [9.17, 15) is 4.79 Å². The fraction of sp³-hybridized carbons (Fsp3) is 0.435. The number of nitrogens with one attached hydrogen (secondary N) is 1. The van der Waals surface area contributed by atoms with Gasteiger partial charge in [-0.15, -0.1) is 0 Å². The Morgan fingerprint density at radius 3 is 2.76 bits per heavy atom. The molecule has 1 N–H and O–H groups in total. The molecule has 0 unspecified atom stereocenters. The summed E-state index contributed by atoms with van der Waals surface area (Å²) in [5, 5.41) is 8.07. The standard InChI is InChI=1S/C23H27N7O3/c1-15-22(16(2)32-27-15)23-26-20(28-33-23)14-29-10-5-11-30(13-12-29)21(31)9-8-19-24-17-6-3-4-7-18(17)25-19/h3-4,6-7H,5,8-14H2,1-2H3,(H,24,25). The Morgan fingerprint density at radius 2 is 1.94 bits per heavy atom.